The molecule has 6 heteroatoms. The first kappa shape index (κ1) is 18.0. The van der Waals surface area contributed by atoms with Gasteiger partial charge in [-0.3, -0.25) is 9.59 Å². The summed E-state index contributed by atoms with van der Waals surface area (Å²) in [5, 5.41) is 3.00. The molecule has 2 fully saturated rings. The van der Waals surface area contributed by atoms with E-state index in [9.17, 15) is 9.59 Å². The number of fused-ring (bicyclic) bond motifs is 1. The van der Waals surface area contributed by atoms with E-state index in [-0.39, 0.29) is 17.7 Å². The molecule has 1 saturated carbocycles. The molecule has 4 rings (SSSR count). The summed E-state index contributed by atoms with van der Waals surface area (Å²) < 4.78 is 2.10. The van der Waals surface area contributed by atoms with E-state index in [1.54, 1.807) is 0 Å². The molecule has 27 heavy (non-hydrogen) atoms. The number of nitrogens with one attached hydrogen (secondary N) is 1. The molecule has 144 valence electrons. The molecule has 1 saturated heterocycles. The van der Waals surface area contributed by atoms with Crippen molar-refractivity contribution in [3.05, 3.63) is 30.1 Å². The van der Waals surface area contributed by atoms with Crippen molar-refractivity contribution >= 4 is 22.8 Å². The fraction of sp³-hybridized carbons (Fsp3) is 0.571. The average molecular weight is 368 g/mol. The summed E-state index contributed by atoms with van der Waals surface area (Å²) in [6.45, 7) is 2.79. The Kier molecular flexibility index (Phi) is 5.41. The zero-order valence-electron chi connectivity index (χ0n) is 15.8. The van der Waals surface area contributed by atoms with Crippen molar-refractivity contribution in [3.63, 3.8) is 0 Å². The van der Waals surface area contributed by atoms with Gasteiger partial charge in [-0.15, -0.1) is 0 Å². The van der Waals surface area contributed by atoms with Gasteiger partial charge in [0.2, 0.25) is 11.8 Å². The van der Waals surface area contributed by atoms with E-state index in [4.69, 9.17) is 4.98 Å². The van der Waals surface area contributed by atoms with Gasteiger partial charge in [0.15, 0.2) is 0 Å². The van der Waals surface area contributed by atoms with Crippen molar-refractivity contribution in [2.75, 3.05) is 13.1 Å². The summed E-state index contributed by atoms with van der Waals surface area (Å²) in [6.07, 6.45) is 7.13. The van der Waals surface area contributed by atoms with Gasteiger partial charge in [-0.2, -0.15) is 0 Å². The minimum absolute atomic E-state index is 0.120. The fourth-order valence-corrected chi connectivity index (χ4v) is 3.85. The third-order valence-corrected chi connectivity index (χ3v) is 5.61. The van der Waals surface area contributed by atoms with E-state index in [1.165, 1.54) is 12.8 Å². The highest BCUT2D eigenvalue weighted by Gasteiger charge is 2.29. The third kappa shape index (κ3) is 4.31. The Morgan fingerprint density at radius 3 is 2.56 bits per heavy atom. The average Bonchev–Trinajstić information content (AvgIpc) is 3.50. The number of amides is 2. The van der Waals surface area contributed by atoms with Crippen LogP contribution in [-0.4, -0.2) is 39.4 Å². The number of aryl methyl sites for hydroxylation is 1. The third-order valence-electron chi connectivity index (χ3n) is 5.61. The predicted octanol–water partition coefficient (Wildman–Crippen LogP) is 2.86. The Morgan fingerprint density at radius 2 is 1.81 bits per heavy atom. The number of para-hydroxylation sites is 2. The Morgan fingerprint density at radius 1 is 1.07 bits per heavy atom. The number of aromatic nitrogens is 2. The maximum atomic E-state index is 12.7. The monoisotopic (exact) mass is 368 g/mol. The molecule has 2 amide bonds. The SMILES string of the molecule is O=C(NCc1nc2ccccc2n1CCC(=O)N1CCCCCC1)C1CC1. The highest BCUT2D eigenvalue weighted by molar-refractivity contribution is 5.81. The second-order valence-corrected chi connectivity index (χ2v) is 7.71. The van der Waals surface area contributed by atoms with Crippen LogP contribution in [-0.2, 0) is 22.7 Å². The lowest BCUT2D eigenvalue weighted by Crippen LogP contribution is -2.32. The fourth-order valence-electron chi connectivity index (χ4n) is 3.85. The van der Waals surface area contributed by atoms with Crippen LogP contribution in [0.4, 0.5) is 0 Å². The molecule has 0 bridgehead atoms. The molecule has 0 radical (unpaired) electrons. The van der Waals surface area contributed by atoms with E-state index in [1.807, 2.05) is 29.2 Å². The predicted molar refractivity (Wildman–Crippen MR) is 104 cm³/mol. The summed E-state index contributed by atoms with van der Waals surface area (Å²) in [5.41, 5.74) is 1.94. The maximum absolute atomic E-state index is 12.7. The first-order valence-electron chi connectivity index (χ1n) is 10.2. The van der Waals surface area contributed by atoms with Gasteiger partial charge in [0.05, 0.1) is 17.6 Å². The van der Waals surface area contributed by atoms with Crippen molar-refractivity contribution in [1.29, 1.82) is 0 Å². The first-order valence-corrected chi connectivity index (χ1v) is 10.2. The van der Waals surface area contributed by atoms with Gasteiger partial charge in [0.25, 0.3) is 0 Å². The van der Waals surface area contributed by atoms with Crippen LogP contribution in [0.1, 0.15) is 50.8 Å². The molecule has 2 aromatic rings. The molecular formula is C21H28N4O2. The number of hydrogen-bond acceptors (Lipinski definition) is 3. The van der Waals surface area contributed by atoms with Crippen LogP contribution in [0.25, 0.3) is 11.0 Å². The van der Waals surface area contributed by atoms with Gasteiger partial charge >= 0.3 is 0 Å². The van der Waals surface area contributed by atoms with Crippen molar-refractivity contribution < 1.29 is 9.59 Å². The molecule has 1 aromatic heterocycles. The molecule has 1 N–H and O–H groups in total. The van der Waals surface area contributed by atoms with Gasteiger partial charge in [-0.25, -0.2) is 4.98 Å². The number of likely N-dealkylation sites (tertiary alicyclic amines) is 1. The van der Waals surface area contributed by atoms with Crippen LogP contribution in [0.2, 0.25) is 0 Å². The normalized spacial score (nSPS) is 17.7. The summed E-state index contributed by atoms with van der Waals surface area (Å²) in [6, 6.07) is 7.97. The Hall–Kier alpha value is -2.37. The molecule has 0 unspecified atom stereocenters. The van der Waals surface area contributed by atoms with E-state index in [0.717, 1.165) is 55.6 Å². The lowest BCUT2D eigenvalue weighted by molar-refractivity contribution is -0.131. The lowest BCUT2D eigenvalue weighted by atomic mass is 10.2. The van der Waals surface area contributed by atoms with Gasteiger partial charge < -0.3 is 14.8 Å². The van der Waals surface area contributed by atoms with Crippen LogP contribution in [0.15, 0.2) is 24.3 Å². The standard InChI is InChI=1S/C21H28N4O2/c26-20(24-12-5-1-2-6-13-24)11-14-25-18-8-4-3-7-17(18)23-19(25)15-22-21(27)16-9-10-16/h3-4,7-8,16H,1-2,5-6,9-15H2,(H,22,27). The van der Waals surface area contributed by atoms with Gasteiger partial charge in [0.1, 0.15) is 5.82 Å². The number of nitrogens with zero attached hydrogens (tertiary/aromatic N) is 3. The van der Waals surface area contributed by atoms with Crippen LogP contribution in [0, 0.1) is 5.92 Å². The smallest absolute Gasteiger partial charge is 0.224 e. The van der Waals surface area contributed by atoms with Crippen molar-refractivity contribution in [2.45, 2.75) is 58.0 Å². The van der Waals surface area contributed by atoms with Crippen molar-refractivity contribution in [1.82, 2.24) is 19.8 Å². The molecule has 1 aromatic carbocycles. The molecular weight excluding hydrogens is 340 g/mol. The minimum Gasteiger partial charge on any atom is -0.349 e. The number of hydrogen-bond donors (Lipinski definition) is 1. The Labute approximate surface area is 159 Å². The van der Waals surface area contributed by atoms with Gasteiger partial charge in [-0.05, 0) is 37.8 Å². The van der Waals surface area contributed by atoms with Crippen LogP contribution < -0.4 is 5.32 Å². The summed E-state index contributed by atoms with van der Waals surface area (Å²) in [4.78, 5) is 31.4. The second-order valence-electron chi connectivity index (χ2n) is 7.71. The number of rotatable bonds is 6. The van der Waals surface area contributed by atoms with E-state index in [0.29, 0.717) is 19.5 Å². The second kappa shape index (κ2) is 8.11. The molecule has 1 aliphatic heterocycles. The van der Waals surface area contributed by atoms with Crippen LogP contribution in [0.3, 0.4) is 0 Å². The first-order chi connectivity index (χ1) is 13.2. The van der Waals surface area contributed by atoms with Crippen molar-refractivity contribution in [3.8, 4) is 0 Å². The van der Waals surface area contributed by atoms with E-state index >= 15 is 0 Å². The number of benzene rings is 1. The van der Waals surface area contributed by atoms with E-state index < -0.39 is 0 Å². The molecule has 1 aliphatic carbocycles. The lowest BCUT2D eigenvalue weighted by Gasteiger charge is -2.20. The quantitative estimate of drug-likeness (QED) is 0.852. The molecule has 2 heterocycles. The molecule has 0 spiro atoms. The zero-order valence-corrected chi connectivity index (χ0v) is 15.8. The highest BCUT2D eigenvalue weighted by Crippen LogP contribution is 2.29. The molecule has 2 aliphatic rings. The van der Waals surface area contributed by atoms with Crippen LogP contribution >= 0.6 is 0 Å². The maximum Gasteiger partial charge on any atom is 0.224 e. The topological polar surface area (TPSA) is 67.2 Å². The Bertz CT molecular complexity index is 817. The zero-order chi connectivity index (χ0) is 18.6. The number of imidazole rings is 1. The minimum atomic E-state index is 0.120. The number of carbonyl (C=O) groups is 2. The van der Waals surface area contributed by atoms with Gasteiger partial charge in [-0.1, -0.05) is 25.0 Å². The highest BCUT2D eigenvalue weighted by atomic mass is 16.2. The summed E-state index contributed by atoms with van der Waals surface area (Å²) in [5.74, 6) is 1.36. The van der Waals surface area contributed by atoms with Gasteiger partial charge in [0, 0.05) is 32.0 Å². The van der Waals surface area contributed by atoms with Crippen molar-refractivity contribution in [2.24, 2.45) is 5.92 Å². The van der Waals surface area contributed by atoms with E-state index in [2.05, 4.69) is 9.88 Å². The summed E-state index contributed by atoms with van der Waals surface area (Å²) in [7, 11) is 0. The summed E-state index contributed by atoms with van der Waals surface area (Å²) >= 11 is 0. The molecule has 6 nitrogen and oxygen atoms in total. The largest absolute Gasteiger partial charge is 0.349 e. The van der Waals surface area contributed by atoms with Crippen LogP contribution in [0.5, 0.6) is 0 Å². The Balaban J connectivity index is 1.46. The number of carbonyl (C=O) groups excluding carboxylic acids is 2. The molecule has 0 atom stereocenters.